The number of nitrogens with one attached hydrogen (secondary N) is 2. The fourth-order valence-electron chi connectivity index (χ4n) is 1.82. The molecule has 0 atom stereocenters. The third kappa shape index (κ3) is 4.05. The molecule has 0 spiro atoms. The molecule has 108 valence electrons. The van der Waals surface area contributed by atoms with E-state index in [0.29, 0.717) is 25.3 Å². The zero-order valence-electron chi connectivity index (χ0n) is 11.2. The van der Waals surface area contributed by atoms with Gasteiger partial charge in [-0.15, -0.1) is 0 Å². The van der Waals surface area contributed by atoms with Gasteiger partial charge in [-0.1, -0.05) is 28.9 Å². The van der Waals surface area contributed by atoms with Crippen LogP contribution in [0.5, 0.6) is 0 Å². The van der Waals surface area contributed by atoms with E-state index in [1.54, 1.807) is 18.2 Å². The largest absolute Gasteiger partial charge is 0.380 e. The predicted molar refractivity (Wildman–Crippen MR) is 78.4 cm³/mol. The number of amides is 2. The van der Waals surface area contributed by atoms with Crippen molar-refractivity contribution in [3.05, 3.63) is 34.3 Å². The number of hydrogen-bond acceptors (Lipinski definition) is 3. The van der Waals surface area contributed by atoms with E-state index in [4.69, 9.17) is 4.74 Å². The molecule has 1 saturated heterocycles. The van der Waals surface area contributed by atoms with Crippen LogP contribution in [-0.4, -0.2) is 38.1 Å². The third-order valence-electron chi connectivity index (χ3n) is 3.11. The number of halogens is 1. The van der Waals surface area contributed by atoms with Crippen molar-refractivity contribution in [1.82, 2.24) is 10.6 Å². The molecule has 0 unspecified atom stereocenters. The van der Waals surface area contributed by atoms with E-state index in [1.165, 1.54) is 0 Å². The van der Waals surface area contributed by atoms with E-state index < -0.39 is 0 Å². The number of ether oxygens (including phenoxy) is 1. The SMILES string of the molecule is CC1(CNC(=O)CNC(=O)c2cccc(Br)c2)COC1. The topological polar surface area (TPSA) is 67.4 Å². The highest BCUT2D eigenvalue weighted by Crippen LogP contribution is 2.24. The Labute approximate surface area is 126 Å². The monoisotopic (exact) mass is 340 g/mol. The molecule has 1 heterocycles. The lowest BCUT2D eigenvalue weighted by Gasteiger charge is -2.38. The fourth-order valence-corrected chi connectivity index (χ4v) is 2.22. The highest BCUT2D eigenvalue weighted by molar-refractivity contribution is 9.10. The molecule has 0 aliphatic carbocycles. The van der Waals surface area contributed by atoms with Crippen molar-refractivity contribution in [1.29, 1.82) is 0 Å². The number of carbonyl (C=O) groups excluding carboxylic acids is 2. The first-order valence-corrected chi connectivity index (χ1v) is 7.16. The summed E-state index contributed by atoms with van der Waals surface area (Å²) in [4.78, 5) is 23.5. The lowest BCUT2D eigenvalue weighted by molar-refractivity contribution is -0.125. The van der Waals surface area contributed by atoms with Gasteiger partial charge in [-0.3, -0.25) is 9.59 Å². The molecule has 5 nitrogen and oxygen atoms in total. The molecule has 0 bridgehead atoms. The van der Waals surface area contributed by atoms with Crippen LogP contribution >= 0.6 is 15.9 Å². The van der Waals surface area contributed by atoms with Crippen LogP contribution in [-0.2, 0) is 9.53 Å². The zero-order valence-corrected chi connectivity index (χ0v) is 12.8. The second-order valence-electron chi connectivity index (χ2n) is 5.27. The summed E-state index contributed by atoms with van der Waals surface area (Å²) >= 11 is 3.30. The summed E-state index contributed by atoms with van der Waals surface area (Å²) in [5.74, 6) is -0.457. The number of benzene rings is 1. The van der Waals surface area contributed by atoms with Gasteiger partial charge in [0.15, 0.2) is 0 Å². The molecule has 1 aromatic rings. The molecular formula is C14H17BrN2O3. The van der Waals surface area contributed by atoms with E-state index in [0.717, 1.165) is 4.47 Å². The van der Waals surface area contributed by atoms with Gasteiger partial charge in [-0.25, -0.2) is 0 Å². The van der Waals surface area contributed by atoms with Gasteiger partial charge in [0, 0.05) is 22.0 Å². The normalized spacial score (nSPS) is 16.1. The Morgan fingerprint density at radius 2 is 2.10 bits per heavy atom. The fraction of sp³-hybridized carbons (Fsp3) is 0.429. The second kappa shape index (κ2) is 6.37. The summed E-state index contributed by atoms with van der Waals surface area (Å²) in [7, 11) is 0. The van der Waals surface area contributed by atoms with Crippen molar-refractivity contribution in [2.75, 3.05) is 26.3 Å². The van der Waals surface area contributed by atoms with Crippen molar-refractivity contribution < 1.29 is 14.3 Å². The number of carbonyl (C=O) groups is 2. The van der Waals surface area contributed by atoms with Crippen LogP contribution in [0.15, 0.2) is 28.7 Å². The van der Waals surface area contributed by atoms with Crippen LogP contribution in [0.25, 0.3) is 0 Å². The van der Waals surface area contributed by atoms with E-state index in [9.17, 15) is 9.59 Å². The average Bonchev–Trinajstić information content (AvgIpc) is 2.40. The van der Waals surface area contributed by atoms with Gasteiger partial charge in [0.2, 0.25) is 5.91 Å². The van der Waals surface area contributed by atoms with Crippen LogP contribution in [0.1, 0.15) is 17.3 Å². The maximum atomic E-state index is 11.8. The van der Waals surface area contributed by atoms with Crippen LogP contribution < -0.4 is 10.6 Å². The number of rotatable bonds is 5. The Morgan fingerprint density at radius 1 is 1.35 bits per heavy atom. The van der Waals surface area contributed by atoms with E-state index >= 15 is 0 Å². The Morgan fingerprint density at radius 3 is 2.70 bits per heavy atom. The summed E-state index contributed by atoms with van der Waals surface area (Å²) in [5, 5.41) is 5.40. The highest BCUT2D eigenvalue weighted by atomic mass is 79.9. The molecule has 2 amide bonds. The van der Waals surface area contributed by atoms with Gasteiger partial charge in [-0.05, 0) is 18.2 Å². The second-order valence-corrected chi connectivity index (χ2v) is 6.19. The molecule has 0 radical (unpaired) electrons. The molecule has 2 N–H and O–H groups in total. The standard InChI is InChI=1S/C14H17BrN2O3/c1-14(8-20-9-14)7-17-12(18)6-16-13(19)10-3-2-4-11(15)5-10/h2-5H,6-9H2,1H3,(H,16,19)(H,17,18). The van der Waals surface area contributed by atoms with Crippen molar-refractivity contribution in [3.8, 4) is 0 Å². The summed E-state index contributed by atoms with van der Waals surface area (Å²) in [6, 6.07) is 7.02. The molecule has 1 aromatic carbocycles. The van der Waals surface area contributed by atoms with Crippen LogP contribution in [0.3, 0.4) is 0 Å². The molecule has 6 heteroatoms. The van der Waals surface area contributed by atoms with Crippen LogP contribution in [0, 0.1) is 5.41 Å². The average molecular weight is 341 g/mol. The molecule has 0 aromatic heterocycles. The van der Waals surface area contributed by atoms with Gasteiger partial charge < -0.3 is 15.4 Å². The zero-order chi connectivity index (χ0) is 14.6. The minimum atomic E-state index is -0.264. The lowest BCUT2D eigenvalue weighted by Crippen LogP contribution is -2.50. The third-order valence-corrected chi connectivity index (χ3v) is 3.60. The van der Waals surface area contributed by atoms with Crippen molar-refractivity contribution in [2.24, 2.45) is 5.41 Å². The van der Waals surface area contributed by atoms with Gasteiger partial charge in [0.1, 0.15) is 0 Å². The molecule has 0 saturated carbocycles. The van der Waals surface area contributed by atoms with Crippen LogP contribution in [0.2, 0.25) is 0 Å². The maximum absolute atomic E-state index is 11.8. The molecule has 20 heavy (non-hydrogen) atoms. The van der Waals surface area contributed by atoms with Gasteiger partial charge in [0.05, 0.1) is 19.8 Å². The van der Waals surface area contributed by atoms with E-state index in [-0.39, 0.29) is 23.8 Å². The molecular weight excluding hydrogens is 324 g/mol. The molecule has 2 rings (SSSR count). The highest BCUT2D eigenvalue weighted by Gasteiger charge is 2.33. The molecule has 1 aliphatic rings. The summed E-state index contributed by atoms with van der Waals surface area (Å²) in [6.45, 7) is 3.92. The summed E-state index contributed by atoms with van der Waals surface area (Å²) in [5.41, 5.74) is 0.552. The maximum Gasteiger partial charge on any atom is 0.251 e. The first kappa shape index (κ1) is 15.0. The quantitative estimate of drug-likeness (QED) is 0.849. The lowest BCUT2D eigenvalue weighted by atomic mass is 9.89. The van der Waals surface area contributed by atoms with Gasteiger partial charge in [0.25, 0.3) is 5.91 Å². The van der Waals surface area contributed by atoms with Gasteiger partial charge >= 0.3 is 0 Å². The Balaban J connectivity index is 1.74. The summed E-state index contributed by atoms with van der Waals surface area (Å²) < 4.78 is 5.94. The smallest absolute Gasteiger partial charge is 0.251 e. The Bertz CT molecular complexity index is 515. The molecule has 1 fully saturated rings. The van der Waals surface area contributed by atoms with Crippen molar-refractivity contribution in [2.45, 2.75) is 6.92 Å². The number of hydrogen-bond donors (Lipinski definition) is 2. The minimum absolute atomic E-state index is 0.0255. The predicted octanol–water partition coefficient (Wildman–Crippen LogP) is 1.33. The Kier molecular flexibility index (Phi) is 4.77. The van der Waals surface area contributed by atoms with Crippen molar-refractivity contribution in [3.63, 3.8) is 0 Å². The summed E-state index contributed by atoms with van der Waals surface area (Å²) in [6.07, 6.45) is 0. The minimum Gasteiger partial charge on any atom is -0.380 e. The molecule has 1 aliphatic heterocycles. The first-order chi connectivity index (χ1) is 9.48. The van der Waals surface area contributed by atoms with E-state index in [2.05, 4.69) is 33.5 Å². The Hall–Kier alpha value is -1.40. The van der Waals surface area contributed by atoms with Gasteiger partial charge in [-0.2, -0.15) is 0 Å². The first-order valence-electron chi connectivity index (χ1n) is 6.37. The van der Waals surface area contributed by atoms with Crippen LogP contribution in [0.4, 0.5) is 0 Å². The van der Waals surface area contributed by atoms with E-state index in [1.807, 2.05) is 6.07 Å². The van der Waals surface area contributed by atoms with Crippen molar-refractivity contribution >= 4 is 27.7 Å².